The van der Waals surface area contributed by atoms with Crippen molar-refractivity contribution in [1.82, 2.24) is 20.1 Å². The van der Waals surface area contributed by atoms with Gasteiger partial charge in [0.1, 0.15) is 11.6 Å². The lowest BCUT2D eigenvalue weighted by Crippen LogP contribution is -2.29. The van der Waals surface area contributed by atoms with Crippen LogP contribution < -0.4 is 10.1 Å². The summed E-state index contributed by atoms with van der Waals surface area (Å²) in [7, 11) is 0. The molecule has 7 nitrogen and oxygen atoms in total. The number of thioether (sulfide) groups is 2. The summed E-state index contributed by atoms with van der Waals surface area (Å²) in [5.41, 5.74) is 0. The number of amides is 1. The zero-order valence-corrected chi connectivity index (χ0v) is 18.2. The smallest absolute Gasteiger partial charge is 0.236 e. The highest BCUT2D eigenvalue weighted by Crippen LogP contribution is 2.25. The summed E-state index contributed by atoms with van der Waals surface area (Å²) < 4.78 is 21.0. The maximum atomic E-state index is 13.1. The van der Waals surface area contributed by atoms with E-state index in [1.165, 1.54) is 23.9 Å². The summed E-state index contributed by atoms with van der Waals surface area (Å²) in [6.07, 6.45) is -0.376. The average molecular weight is 438 g/mol. The molecule has 1 atom stereocenters. The molecule has 1 aliphatic rings. The number of hydrogen-bond acceptors (Lipinski definition) is 7. The summed E-state index contributed by atoms with van der Waals surface area (Å²) in [6.45, 7) is 7.52. The quantitative estimate of drug-likeness (QED) is 0.637. The number of aromatic nitrogens is 3. The number of amidine groups is 1. The Morgan fingerprint density at radius 2 is 2.07 bits per heavy atom. The van der Waals surface area contributed by atoms with Gasteiger partial charge in [-0.05, 0) is 37.1 Å². The molecule has 0 saturated carbocycles. The highest BCUT2D eigenvalue weighted by atomic mass is 32.2. The lowest BCUT2D eigenvalue weighted by molar-refractivity contribution is -0.117. The molecule has 0 radical (unpaired) electrons. The number of ether oxygens (including phenoxy) is 1. The fourth-order valence-electron chi connectivity index (χ4n) is 2.71. The lowest BCUT2D eigenvalue weighted by Gasteiger charge is -2.17. The summed E-state index contributed by atoms with van der Waals surface area (Å²) in [6, 6.07) is 5.87. The molecule has 156 valence electrons. The van der Waals surface area contributed by atoms with Gasteiger partial charge in [-0.1, -0.05) is 37.4 Å². The minimum absolute atomic E-state index is 0.112. The molecule has 2 heterocycles. The van der Waals surface area contributed by atoms with Crippen LogP contribution in [0.5, 0.6) is 5.75 Å². The van der Waals surface area contributed by atoms with Crippen LogP contribution in [0.2, 0.25) is 0 Å². The lowest BCUT2D eigenvalue weighted by atomic mass is 10.2. The molecule has 1 aromatic carbocycles. The first-order valence-electron chi connectivity index (χ1n) is 9.37. The van der Waals surface area contributed by atoms with Gasteiger partial charge >= 0.3 is 0 Å². The van der Waals surface area contributed by atoms with Crippen LogP contribution in [0.1, 0.15) is 32.7 Å². The van der Waals surface area contributed by atoms with Crippen molar-refractivity contribution in [1.29, 1.82) is 0 Å². The van der Waals surface area contributed by atoms with E-state index in [4.69, 9.17) is 4.74 Å². The van der Waals surface area contributed by atoms with Gasteiger partial charge in [-0.2, -0.15) is 0 Å². The Morgan fingerprint density at radius 1 is 1.31 bits per heavy atom. The molecule has 1 unspecified atom stereocenters. The van der Waals surface area contributed by atoms with E-state index in [1.54, 1.807) is 23.9 Å². The predicted octanol–water partition coefficient (Wildman–Crippen LogP) is 3.52. The van der Waals surface area contributed by atoms with Crippen molar-refractivity contribution in [2.45, 2.75) is 38.6 Å². The molecule has 1 amide bonds. The summed E-state index contributed by atoms with van der Waals surface area (Å²) in [5.74, 6) is 2.29. The number of halogens is 1. The molecule has 0 spiro atoms. The largest absolute Gasteiger partial charge is 0.483 e. The van der Waals surface area contributed by atoms with Crippen LogP contribution in [0, 0.1) is 11.7 Å². The Kier molecular flexibility index (Phi) is 7.54. The topological polar surface area (TPSA) is 81.4 Å². The molecule has 29 heavy (non-hydrogen) atoms. The van der Waals surface area contributed by atoms with Gasteiger partial charge in [0.15, 0.2) is 22.3 Å². The van der Waals surface area contributed by atoms with E-state index in [1.807, 2.05) is 11.5 Å². The second kappa shape index (κ2) is 10.1. The Bertz CT molecular complexity index is 870. The van der Waals surface area contributed by atoms with E-state index in [0.29, 0.717) is 34.4 Å². The number of nitrogens with one attached hydrogen (secondary N) is 1. The maximum Gasteiger partial charge on any atom is 0.236 e. The molecule has 0 fully saturated rings. The fourth-order valence-corrected chi connectivity index (χ4v) is 4.21. The van der Waals surface area contributed by atoms with Crippen LogP contribution in [0.4, 0.5) is 4.39 Å². The summed E-state index contributed by atoms with van der Waals surface area (Å²) in [5, 5.41) is 12.7. The Balaban J connectivity index is 1.68. The van der Waals surface area contributed by atoms with Crippen LogP contribution in [0.3, 0.4) is 0 Å². The van der Waals surface area contributed by atoms with Crippen molar-refractivity contribution in [3.05, 3.63) is 35.9 Å². The Morgan fingerprint density at radius 3 is 2.72 bits per heavy atom. The highest BCUT2D eigenvalue weighted by Gasteiger charge is 2.21. The average Bonchev–Trinajstić information content (AvgIpc) is 3.31. The van der Waals surface area contributed by atoms with E-state index in [0.717, 1.165) is 12.3 Å². The SMILES string of the molecule is CC(C)Cn1c(SCC(=O)NC2=NCCS2)nnc1C(C)Oc1ccc(F)cc1. The van der Waals surface area contributed by atoms with Crippen molar-refractivity contribution < 1.29 is 13.9 Å². The first-order chi connectivity index (χ1) is 13.9. The number of aliphatic imine (C=N–C) groups is 1. The van der Waals surface area contributed by atoms with E-state index < -0.39 is 0 Å². The van der Waals surface area contributed by atoms with Crippen molar-refractivity contribution in [2.24, 2.45) is 10.9 Å². The molecular weight excluding hydrogens is 413 g/mol. The van der Waals surface area contributed by atoms with E-state index in [-0.39, 0.29) is 23.6 Å². The third-order valence-electron chi connectivity index (χ3n) is 3.95. The third-order valence-corrected chi connectivity index (χ3v) is 5.81. The molecule has 1 aliphatic heterocycles. The number of rotatable bonds is 8. The Labute approximate surface area is 177 Å². The first-order valence-corrected chi connectivity index (χ1v) is 11.3. The predicted molar refractivity (Wildman–Crippen MR) is 114 cm³/mol. The van der Waals surface area contributed by atoms with Gasteiger partial charge in [0, 0.05) is 12.3 Å². The molecule has 10 heteroatoms. The summed E-state index contributed by atoms with van der Waals surface area (Å²) >= 11 is 2.88. The van der Waals surface area contributed by atoms with Gasteiger partial charge in [-0.15, -0.1) is 10.2 Å². The second-order valence-corrected chi connectivity index (χ2v) is 8.96. The molecule has 0 saturated heterocycles. The molecule has 1 aromatic heterocycles. The van der Waals surface area contributed by atoms with E-state index >= 15 is 0 Å². The number of nitrogens with zero attached hydrogens (tertiary/aromatic N) is 4. The molecule has 0 bridgehead atoms. The van der Waals surface area contributed by atoms with Gasteiger partial charge in [0.25, 0.3) is 0 Å². The van der Waals surface area contributed by atoms with E-state index in [9.17, 15) is 9.18 Å². The molecule has 3 rings (SSSR count). The van der Waals surface area contributed by atoms with Gasteiger partial charge in [0.05, 0.1) is 12.3 Å². The van der Waals surface area contributed by atoms with Crippen LogP contribution in [-0.2, 0) is 11.3 Å². The van der Waals surface area contributed by atoms with Crippen molar-refractivity contribution in [3.8, 4) is 5.75 Å². The highest BCUT2D eigenvalue weighted by molar-refractivity contribution is 8.14. The molecule has 0 aliphatic carbocycles. The fraction of sp³-hybridized carbons (Fsp3) is 0.474. The third kappa shape index (κ3) is 6.20. The zero-order valence-electron chi connectivity index (χ0n) is 16.6. The zero-order chi connectivity index (χ0) is 20.8. The number of carbonyl (C=O) groups excluding carboxylic acids is 1. The number of carbonyl (C=O) groups is 1. The summed E-state index contributed by atoms with van der Waals surface area (Å²) in [4.78, 5) is 16.4. The molecular formula is C19H24FN5O2S2. The van der Waals surface area contributed by atoms with Crippen LogP contribution in [-0.4, -0.2) is 43.9 Å². The van der Waals surface area contributed by atoms with Crippen LogP contribution in [0.25, 0.3) is 0 Å². The normalized spacial score (nSPS) is 14.7. The first kappa shape index (κ1) is 21.6. The van der Waals surface area contributed by atoms with Crippen LogP contribution >= 0.6 is 23.5 Å². The number of benzene rings is 1. The monoisotopic (exact) mass is 437 g/mol. The van der Waals surface area contributed by atoms with Gasteiger partial charge in [0.2, 0.25) is 5.91 Å². The van der Waals surface area contributed by atoms with Crippen LogP contribution in [0.15, 0.2) is 34.4 Å². The Hall–Kier alpha value is -2.07. The van der Waals surface area contributed by atoms with E-state index in [2.05, 4.69) is 34.4 Å². The molecule has 1 N–H and O–H groups in total. The van der Waals surface area contributed by atoms with Crippen molar-refractivity contribution in [3.63, 3.8) is 0 Å². The van der Waals surface area contributed by atoms with Crippen molar-refractivity contribution >= 4 is 34.6 Å². The minimum Gasteiger partial charge on any atom is -0.483 e. The molecule has 2 aromatic rings. The van der Waals surface area contributed by atoms with Gasteiger partial charge in [-0.3, -0.25) is 9.79 Å². The van der Waals surface area contributed by atoms with Gasteiger partial charge < -0.3 is 14.6 Å². The van der Waals surface area contributed by atoms with Crippen molar-refractivity contribution in [2.75, 3.05) is 18.1 Å². The standard InChI is InChI=1S/C19H24FN5O2S2/c1-12(2)10-25-17(13(3)27-15-6-4-14(20)5-7-15)23-24-19(25)29-11-16(26)22-18-21-8-9-28-18/h4-7,12-13H,8-11H2,1-3H3,(H,21,22,26). The maximum absolute atomic E-state index is 13.1. The second-order valence-electron chi connectivity index (χ2n) is 6.93. The van der Waals surface area contributed by atoms with Gasteiger partial charge in [-0.25, -0.2) is 4.39 Å². The minimum atomic E-state index is -0.376. The number of hydrogen-bond donors (Lipinski definition) is 1.